The highest BCUT2D eigenvalue weighted by Crippen LogP contribution is 2.29. The molecule has 3 rings (SSSR count). The van der Waals surface area contributed by atoms with Crippen LogP contribution in [0.1, 0.15) is 6.42 Å². The molecule has 1 aromatic rings. The van der Waals surface area contributed by atoms with Crippen molar-refractivity contribution < 1.29 is 4.79 Å². The third kappa shape index (κ3) is 1.53. The smallest absolute Gasteiger partial charge is 0.245 e. The van der Waals surface area contributed by atoms with E-state index >= 15 is 0 Å². The minimum atomic E-state index is 0.0260. The fraction of sp³-hybridized carbons (Fsp3) is 0.455. The first-order chi connectivity index (χ1) is 7.84. The Labute approximate surface area is 93.9 Å². The number of carbonyl (C=O) groups excluding carboxylic acids is 1. The van der Waals surface area contributed by atoms with Gasteiger partial charge in [0.15, 0.2) is 5.82 Å². The van der Waals surface area contributed by atoms with Crippen molar-refractivity contribution in [3.63, 3.8) is 0 Å². The Morgan fingerprint density at radius 1 is 1.50 bits per heavy atom. The highest BCUT2D eigenvalue weighted by atomic mass is 16.2. The molecule has 1 saturated heterocycles. The summed E-state index contributed by atoms with van der Waals surface area (Å²) in [6, 6.07) is 4.33. The SMILES string of the molecule is O=C1CN(C2CCNC2)c2cccnc2N1. The zero-order valence-electron chi connectivity index (χ0n) is 8.94. The number of aromatic nitrogens is 1. The Hall–Kier alpha value is -1.62. The molecule has 84 valence electrons. The lowest BCUT2D eigenvalue weighted by atomic mass is 10.1. The van der Waals surface area contributed by atoms with E-state index in [1.54, 1.807) is 6.20 Å². The normalized spacial score (nSPS) is 24.1. The summed E-state index contributed by atoms with van der Waals surface area (Å²) in [6.45, 7) is 2.41. The van der Waals surface area contributed by atoms with Gasteiger partial charge in [-0.1, -0.05) is 0 Å². The van der Waals surface area contributed by atoms with Crippen LogP contribution in [0.5, 0.6) is 0 Å². The largest absolute Gasteiger partial charge is 0.355 e. The maximum Gasteiger partial charge on any atom is 0.245 e. The van der Waals surface area contributed by atoms with Crippen LogP contribution in [0.2, 0.25) is 0 Å². The Bertz CT molecular complexity index is 414. The predicted molar refractivity (Wildman–Crippen MR) is 61.5 cm³/mol. The molecular formula is C11H14N4O. The summed E-state index contributed by atoms with van der Waals surface area (Å²) in [4.78, 5) is 17.9. The van der Waals surface area contributed by atoms with Gasteiger partial charge >= 0.3 is 0 Å². The molecule has 5 heteroatoms. The zero-order chi connectivity index (χ0) is 11.0. The van der Waals surface area contributed by atoms with Crippen LogP contribution in [0.25, 0.3) is 0 Å². The molecule has 0 spiro atoms. The fourth-order valence-corrected chi connectivity index (χ4v) is 2.37. The number of pyridine rings is 1. The molecule has 2 aliphatic rings. The molecule has 2 aliphatic heterocycles. The molecule has 16 heavy (non-hydrogen) atoms. The van der Waals surface area contributed by atoms with Crippen LogP contribution in [0.15, 0.2) is 18.3 Å². The topological polar surface area (TPSA) is 57.3 Å². The Kier molecular flexibility index (Phi) is 2.25. The van der Waals surface area contributed by atoms with Crippen LogP contribution in [-0.4, -0.2) is 36.6 Å². The minimum absolute atomic E-state index is 0.0260. The van der Waals surface area contributed by atoms with Crippen molar-refractivity contribution in [2.75, 3.05) is 29.9 Å². The first kappa shape index (κ1) is 9.59. The number of hydrogen-bond acceptors (Lipinski definition) is 4. The maximum absolute atomic E-state index is 11.6. The molecule has 1 aromatic heterocycles. The number of nitrogens with one attached hydrogen (secondary N) is 2. The average molecular weight is 218 g/mol. The van der Waals surface area contributed by atoms with Crippen molar-refractivity contribution in [2.24, 2.45) is 0 Å². The van der Waals surface area contributed by atoms with Gasteiger partial charge < -0.3 is 15.5 Å². The van der Waals surface area contributed by atoms with E-state index in [1.165, 1.54) is 0 Å². The fourth-order valence-electron chi connectivity index (χ4n) is 2.37. The van der Waals surface area contributed by atoms with Crippen LogP contribution in [0.4, 0.5) is 11.5 Å². The molecule has 1 amide bonds. The molecule has 0 radical (unpaired) electrons. The van der Waals surface area contributed by atoms with Crippen molar-refractivity contribution in [3.8, 4) is 0 Å². The van der Waals surface area contributed by atoms with Gasteiger partial charge in [-0.3, -0.25) is 4.79 Å². The number of anilines is 2. The second-order valence-corrected chi connectivity index (χ2v) is 4.19. The van der Waals surface area contributed by atoms with Gasteiger partial charge in [-0.25, -0.2) is 4.98 Å². The highest BCUT2D eigenvalue weighted by molar-refractivity contribution is 5.99. The van der Waals surface area contributed by atoms with Crippen molar-refractivity contribution >= 4 is 17.4 Å². The second-order valence-electron chi connectivity index (χ2n) is 4.19. The summed E-state index contributed by atoms with van der Waals surface area (Å²) >= 11 is 0. The Morgan fingerprint density at radius 3 is 3.25 bits per heavy atom. The first-order valence-electron chi connectivity index (χ1n) is 5.57. The minimum Gasteiger partial charge on any atom is -0.355 e. The van der Waals surface area contributed by atoms with Gasteiger partial charge in [-0.15, -0.1) is 0 Å². The maximum atomic E-state index is 11.6. The van der Waals surface area contributed by atoms with E-state index in [4.69, 9.17) is 0 Å². The summed E-state index contributed by atoms with van der Waals surface area (Å²) in [5.41, 5.74) is 1.04. The first-order valence-corrected chi connectivity index (χ1v) is 5.57. The van der Waals surface area contributed by atoms with Crippen LogP contribution in [-0.2, 0) is 4.79 Å². The van der Waals surface area contributed by atoms with Gasteiger partial charge in [0, 0.05) is 18.8 Å². The number of nitrogens with zero attached hydrogens (tertiary/aromatic N) is 2. The van der Waals surface area contributed by atoms with Crippen molar-refractivity contribution in [3.05, 3.63) is 18.3 Å². The van der Waals surface area contributed by atoms with Crippen LogP contribution >= 0.6 is 0 Å². The van der Waals surface area contributed by atoms with Crippen molar-refractivity contribution in [1.29, 1.82) is 0 Å². The lowest BCUT2D eigenvalue weighted by Gasteiger charge is -2.34. The van der Waals surface area contributed by atoms with E-state index in [9.17, 15) is 4.79 Å². The molecule has 3 heterocycles. The molecule has 5 nitrogen and oxygen atoms in total. The summed E-state index contributed by atoms with van der Waals surface area (Å²) in [7, 11) is 0. The van der Waals surface area contributed by atoms with Crippen LogP contribution in [0, 0.1) is 0 Å². The summed E-state index contributed by atoms with van der Waals surface area (Å²) < 4.78 is 0. The van der Waals surface area contributed by atoms with Gasteiger partial charge in [0.1, 0.15) is 0 Å². The van der Waals surface area contributed by atoms with E-state index in [0.29, 0.717) is 18.4 Å². The third-order valence-electron chi connectivity index (χ3n) is 3.14. The second kappa shape index (κ2) is 3.75. The number of carbonyl (C=O) groups is 1. The van der Waals surface area contributed by atoms with Gasteiger partial charge in [-0.05, 0) is 25.1 Å². The van der Waals surface area contributed by atoms with Gasteiger partial charge in [-0.2, -0.15) is 0 Å². The molecular weight excluding hydrogens is 204 g/mol. The van der Waals surface area contributed by atoms with Crippen LogP contribution in [0.3, 0.4) is 0 Å². The predicted octanol–water partition coefficient (Wildman–Crippen LogP) is 0.202. The highest BCUT2D eigenvalue weighted by Gasteiger charge is 2.29. The monoisotopic (exact) mass is 218 g/mol. The molecule has 0 saturated carbocycles. The number of rotatable bonds is 1. The van der Waals surface area contributed by atoms with E-state index in [1.807, 2.05) is 12.1 Å². The summed E-state index contributed by atoms with van der Waals surface area (Å²) in [5.74, 6) is 0.712. The molecule has 0 bridgehead atoms. The number of hydrogen-bond donors (Lipinski definition) is 2. The Balaban J connectivity index is 1.96. The summed E-state index contributed by atoms with van der Waals surface area (Å²) in [5, 5.41) is 6.12. The van der Waals surface area contributed by atoms with Crippen LogP contribution < -0.4 is 15.5 Å². The van der Waals surface area contributed by atoms with Crippen molar-refractivity contribution in [1.82, 2.24) is 10.3 Å². The van der Waals surface area contributed by atoms with Gasteiger partial charge in [0.05, 0.1) is 12.2 Å². The third-order valence-corrected chi connectivity index (χ3v) is 3.14. The van der Waals surface area contributed by atoms with E-state index < -0.39 is 0 Å². The molecule has 0 aromatic carbocycles. The van der Waals surface area contributed by atoms with E-state index in [0.717, 1.165) is 25.2 Å². The number of amides is 1. The summed E-state index contributed by atoms with van der Waals surface area (Å²) in [6.07, 6.45) is 2.79. The van der Waals surface area contributed by atoms with E-state index in [2.05, 4.69) is 20.5 Å². The molecule has 1 fully saturated rings. The average Bonchev–Trinajstić information content (AvgIpc) is 2.81. The zero-order valence-corrected chi connectivity index (χ0v) is 8.94. The van der Waals surface area contributed by atoms with Gasteiger partial charge in [0.25, 0.3) is 0 Å². The van der Waals surface area contributed by atoms with Crippen molar-refractivity contribution in [2.45, 2.75) is 12.5 Å². The van der Waals surface area contributed by atoms with E-state index in [-0.39, 0.29) is 5.91 Å². The van der Waals surface area contributed by atoms with Gasteiger partial charge in [0.2, 0.25) is 5.91 Å². The quantitative estimate of drug-likeness (QED) is 0.707. The lowest BCUT2D eigenvalue weighted by molar-refractivity contribution is -0.115. The molecule has 1 unspecified atom stereocenters. The molecule has 0 aliphatic carbocycles. The lowest BCUT2D eigenvalue weighted by Crippen LogP contribution is -2.45. The standard InChI is InChI=1S/C11H14N4O/c16-10-7-15(8-3-5-12-6-8)9-2-1-4-13-11(9)14-10/h1-2,4,8,12H,3,5-7H2,(H,13,14,16). The molecule has 2 N–H and O–H groups in total. The number of fused-ring (bicyclic) bond motifs is 1. The molecule has 1 atom stereocenters. The Morgan fingerprint density at radius 2 is 2.44 bits per heavy atom.